The first kappa shape index (κ1) is 17.6. The summed E-state index contributed by atoms with van der Waals surface area (Å²) in [4.78, 5) is 15.2. The molecule has 0 aliphatic carbocycles. The third-order valence-electron chi connectivity index (χ3n) is 4.35. The molecule has 2 aromatic carbocycles. The van der Waals surface area contributed by atoms with Gasteiger partial charge in [0, 0.05) is 47.9 Å². The van der Waals surface area contributed by atoms with E-state index in [0.717, 1.165) is 33.4 Å². The van der Waals surface area contributed by atoms with E-state index in [1.54, 1.807) is 12.4 Å². The van der Waals surface area contributed by atoms with Gasteiger partial charge in [-0.2, -0.15) is 5.10 Å². The molecule has 138 valence electrons. The smallest absolute Gasteiger partial charge is 0.221 e. The van der Waals surface area contributed by atoms with Crippen LogP contribution in [-0.2, 0) is 11.2 Å². The van der Waals surface area contributed by atoms with Crippen molar-refractivity contribution >= 4 is 33.9 Å². The van der Waals surface area contributed by atoms with Gasteiger partial charge >= 0.3 is 0 Å². The molecule has 0 spiro atoms. The molecule has 4 rings (SSSR count). The van der Waals surface area contributed by atoms with E-state index >= 15 is 0 Å². The third-order valence-corrected chi connectivity index (χ3v) is 4.35. The van der Waals surface area contributed by atoms with Crippen molar-refractivity contribution in [3.05, 3.63) is 84.3 Å². The molecule has 2 aromatic heterocycles. The maximum atomic E-state index is 11.1. The average molecular weight is 369 g/mol. The van der Waals surface area contributed by atoms with Gasteiger partial charge in [0.15, 0.2) is 5.82 Å². The van der Waals surface area contributed by atoms with E-state index in [1.807, 2.05) is 54.6 Å². The monoisotopic (exact) mass is 369 g/mol. The van der Waals surface area contributed by atoms with Crippen LogP contribution in [0.4, 0.5) is 17.2 Å². The minimum atomic E-state index is -0.0950. The van der Waals surface area contributed by atoms with Gasteiger partial charge in [-0.1, -0.05) is 24.3 Å². The number of nitrogens with one attached hydrogen (secondary N) is 2. The number of amides is 1. The van der Waals surface area contributed by atoms with E-state index in [4.69, 9.17) is 0 Å². The van der Waals surface area contributed by atoms with Gasteiger partial charge in [-0.05, 0) is 42.0 Å². The Morgan fingerprint density at radius 1 is 0.857 bits per heavy atom. The molecule has 28 heavy (non-hydrogen) atoms. The first-order chi connectivity index (χ1) is 13.7. The first-order valence-corrected chi connectivity index (χ1v) is 8.97. The van der Waals surface area contributed by atoms with Crippen molar-refractivity contribution in [2.24, 2.45) is 0 Å². The number of benzene rings is 2. The van der Waals surface area contributed by atoms with Crippen molar-refractivity contribution < 1.29 is 4.79 Å². The number of aromatic nitrogens is 3. The molecule has 0 radical (unpaired) electrons. The molecule has 0 atom stereocenters. The van der Waals surface area contributed by atoms with Crippen LogP contribution in [0.2, 0.25) is 0 Å². The molecule has 4 aromatic rings. The lowest BCUT2D eigenvalue weighted by atomic mass is 10.0. The lowest BCUT2D eigenvalue weighted by Gasteiger charge is -2.11. The van der Waals surface area contributed by atoms with Crippen LogP contribution in [0.25, 0.3) is 10.8 Å². The molecule has 1 amide bonds. The van der Waals surface area contributed by atoms with Gasteiger partial charge < -0.3 is 10.6 Å². The molecule has 0 bridgehead atoms. The van der Waals surface area contributed by atoms with Gasteiger partial charge in [-0.3, -0.25) is 9.78 Å². The van der Waals surface area contributed by atoms with Crippen molar-refractivity contribution in [3.63, 3.8) is 0 Å². The van der Waals surface area contributed by atoms with Crippen molar-refractivity contribution in [3.8, 4) is 0 Å². The van der Waals surface area contributed by atoms with Crippen LogP contribution in [0.1, 0.15) is 18.2 Å². The molecule has 0 unspecified atom stereocenters. The van der Waals surface area contributed by atoms with Crippen LogP contribution in [0, 0.1) is 0 Å². The summed E-state index contributed by atoms with van der Waals surface area (Å²) >= 11 is 0. The Hall–Kier alpha value is -3.80. The Kier molecular flexibility index (Phi) is 4.93. The number of pyridine rings is 1. The first-order valence-electron chi connectivity index (χ1n) is 8.97. The quantitative estimate of drug-likeness (QED) is 0.548. The number of anilines is 3. The van der Waals surface area contributed by atoms with Gasteiger partial charge in [0.25, 0.3) is 0 Å². The number of nitrogens with zero attached hydrogens (tertiary/aromatic N) is 3. The summed E-state index contributed by atoms with van der Waals surface area (Å²) in [5, 5.41) is 17.0. The van der Waals surface area contributed by atoms with Crippen LogP contribution in [-0.4, -0.2) is 21.1 Å². The molecule has 0 fully saturated rings. The highest BCUT2D eigenvalue weighted by Gasteiger charge is 2.10. The predicted octanol–water partition coefficient (Wildman–Crippen LogP) is 4.32. The summed E-state index contributed by atoms with van der Waals surface area (Å²) in [5.41, 5.74) is 3.69. The summed E-state index contributed by atoms with van der Waals surface area (Å²) in [6.45, 7) is 1.49. The van der Waals surface area contributed by atoms with E-state index in [2.05, 4.69) is 31.9 Å². The van der Waals surface area contributed by atoms with Gasteiger partial charge in [-0.25, -0.2) is 0 Å². The summed E-state index contributed by atoms with van der Waals surface area (Å²) in [6, 6.07) is 19.5. The number of fused-ring (bicyclic) bond motifs is 1. The summed E-state index contributed by atoms with van der Waals surface area (Å²) < 4.78 is 0. The standard InChI is InChI=1S/C22H19N5O/c1-15(28)24-17-6-8-18(9-7-17)25-22-20-5-3-2-4-19(20)21(26-27-22)14-16-10-12-23-13-11-16/h2-13H,14H2,1H3,(H,24,28)(H,25,27). The van der Waals surface area contributed by atoms with Crippen molar-refractivity contribution in [2.75, 3.05) is 10.6 Å². The third kappa shape index (κ3) is 3.96. The number of carbonyl (C=O) groups is 1. The van der Waals surface area contributed by atoms with Crippen LogP contribution in [0.5, 0.6) is 0 Å². The van der Waals surface area contributed by atoms with Gasteiger partial charge in [0.1, 0.15) is 0 Å². The molecule has 0 aliphatic rings. The van der Waals surface area contributed by atoms with Crippen LogP contribution < -0.4 is 10.6 Å². The van der Waals surface area contributed by atoms with E-state index < -0.39 is 0 Å². The molecule has 6 nitrogen and oxygen atoms in total. The Morgan fingerprint density at radius 2 is 1.54 bits per heavy atom. The highest BCUT2D eigenvalue weighted by Crippen LogP contribution is 2.27. The molecule has 2 heterocycles. The van der Waals surface area contributed by atoms with Crippen LogP contribution in [0.15, 0.2) is 73.1 Å². The average Bonchev–Trinajstić information content (AvgIpc) is 2.72. The Morgan fingerprint density at radius 3 is 2.25 bits per heavy atom. The SMILES string of the molecule is CC(=O)Nc1ccc(Nc2nnc(Cc3ccncc3)c3ccccc23)cc1. The minimum absolute atomic E-state index is 0.0950. The number of hydrogen-bond donors (Lipinski definition) is 2. The number of carbonyl (C=O) groups excluding carboxylic acids is 1. The number of rotatable bonds is 5. The molecular formula is C22H19N5O. The van der Waals surface area contributed by atoms with E-state index in [1.165, 1.54) is 6.92 Å². The van der Waals surface area contributed by atoms with Gasteiger partial charge in [-0.15, -0.1) is 5.10 Å². The Labute approximate surface area is 162 Å². The maximum Gasteiger partial charge on any atom is 0.221 e. The number of hydrogen-bond acceptors (Lipinski definition) is 5. The Balaban J connectivity index is 1.63. The fraction of sp³-hybridized carbons (Fsp3) is 0.0909. The highest BCUT2D eigenvalue weighted by atomic mass is 16.1. The normalized spacial score (nSPS) is 10.6. The second-order valence-corrected chi connectivity index (χ2v) is 6.46. The largest absolute Gasteiger partial charge is 0.338 e. The van der Waals surface area contributed by atoms with E-state index in [9.17, 15) is 4.79 Å². The second kappa shape index (κ2) is 7.84. The predicted molar refractivity (Wildman–Crippen MR) is 111 cm³/mol. The minimum Gasteiger partial charge on any atom is -0.338 e. The second-order valence-electron chi connectivity index (χ2n) is 6.46. The van der Waals surface area contributed by atoms with Crippen molar-refractivity contribution in [1.82, 2.24) is 15.2 Å². The van der Waals surface area contributed by atoms with Gasteiger partial charge in [0.2, 0.25) is 5.91 Å². The Bertz CT molecular complexity index is 1110. The lowest BCUT2D eigenvalue weighted by Crippen LogP contribution is -2.05. The van der Waals surface area contributed by atoms with Crippen molar-refractivity contribution in [1.29, 1.82) is 0 Å². The fourth-order valence-corrected chi connectivity index (χ4v) is 3.05. The molecule has 0 saturated carbocycles. The molecule has 0 saturated heterocycles. The van der Waals surface area contributed by atoms with E-state index in [-0.39, 0.29) is 5.91 Å². The van der Waals surface area contributed by atoms with Crippen molar-refractivity contribution in [2.45, 2.75) is 13.3 Å². The van der Waals surface area contributed by atoms with Gasteiger partial charge in [0.05, 0.1) is 5.69 Å². The summed E-state index contributed by atoms with van der Waals surface area (Å²) in [6.07, 6.45) is 4.26. The zero-order valence-electron chi connectivity index (χ0n) is 15.4. The zero-order valence-corrected chi connectivity index (χ0v) is 15.4. The molecule has 6 heteroatoms. The zero-order chi connectivity index (χ0) is 19.3. The fourth-order valence-electron chi connectivity index (χ4n) is 3.05. The molecule has 2 N–H and O–H groups in total. The summed E-state index contributed by atoms with van der Waals surface area (Å²) in [5.74, 6) is 0.601. The molecule has 0 aliphatic heterocycles. The topological polar surface area (TPSA) is 79.8 Å². The summed E-state index contributed by atoms with van der Waals surface area (Å²) in [7, 11) is 0. The van der Waals surface area contributed by atoms with Crippen LogP contribution in [0.3, 0.4) is 0 Å². The van der Waals surface area contributed by atoms with Crippen LogP contribution >= 0.6 is 0 Å². The van der Waals surface area contributed by atoms with E-state index in [0.29, 0.717) is 12.2 Å². The maximum absolute atomic E-state index is 11.1. The molecular weight excluding hydrogens is 350 g/mol. The highest BCUT2D eigenvalue weighted by molar-refractivity contribution is 5.94. The lowest BCUT2D eigenvalue weighted by molar-refractivity contribution is -0.114.